The van der Waals surface area contributed by atoms with E-state index in [2.05, 4.69) is 27.4 Å². The molecule has 2 aromatic heterocycles. The van der Waals surface area contributed by atoms with Crippen molar-refractivity contribution in [3.63, 3.8) is 0 Å². The van der Waals surface area contributed by atoms with E-state index in [1.165, 1.54) is 11.3 Å². The zero-order chi connectivity index (χ0) is 22.6. The lowest BCUT2D eigenvalue weighted by Crippen LogP contribution is -2.31. The third kappa shape index (κ3) is 6.59. The summed E-state index contributed by atoms with van der Waals surface area (Å²) in [6.07, 6.45) is 3.63. The summed E-state index contributed by atoms with van der Waals surface area (Å²) in [7, 11) is 3.84. The molecule has 0 aromatic carbocycles. The number of carbonyl (C=O) groups is 1. The van der Waals surface area contributed by atoms with Gasteiger partial charge in [0.15, 0.2) is 5.82 Å². The molecule has 1 aliphatic carbocycles. The van der Waals surface area contributed by atoms with Gasteiger partial charge in [-0.1, -0.05) is 11.8 Å². The standard InChI is InChI=1S/C23H30N4O3S/c1-23(2,3)13-12-17-14-18(21(31-17)22(28)29)24-15-6-8-16(9-7-15)30-20-11-10-19(25-26-20)27(4)5/h10-11,14-16,24H,6-9H2,1-5H3,(H,28,29)/t15-,16-. The van der Waals surface area contributed by atoms with Gasteiger partial charge in [0.2, 0.25) is 5.88 Å². The van der Waals surface area contributed by atoms with E-state index in [0.717, 1.165) is 36.4 Å². The van der Waals surface area contributed by atoms with Gasteiger partial charge in [-0.05, 0) is 58.6 Å². The first-order chi connectivity index (χ1) is 14.6. The van der Waals surface area contributed by atoms with Gasteiger partial charge in [-0.3, -0.25) is 0 Å². The summed E-state index contributed by atoms with van der Waals surface area (Å²) in [6.45, 7) is 6.11. The molecule has 0 saturated heterocycles. The van der Waals surface area contributed by atoms with Gasteiger partial charge in [-0.15, -0.1) is 21.5 Å². The van der Waals surface area contributed by atoms with Gasteiger partial charge < -0.3 is 20.1 Å². The maximum Gasteiger partial charge on any atom is 0.348 e. The molecule has 0 radical (unpaired) electrons. The first-order valence-corrected chi connectivity index (χ1v) is 11.3. The van der Waals surface area contributed by atoms with Crippen LogP contribution in [0, 0.1) is 17.3 Å². The number of carboxylic acid groups (broad SMARTS) is 1. The van der Waals surface area contributed by atoms with Crippen LogP contribution in [-0.4, -0.2) is 47.5 Å². The highest BCUT2D eigenvalue weighted by molar-refractivity contribution is 7.15. The molecule has 1 fully saturated rings. The highest BCUT2D eigenvalue weighted by Gasteiger charge is 2.25. The molecule has 2 heterocycles. The van der Waals surface area contributed by atoms with Crippen LogP contribution in [0.4, 0.5) is 11.5 Å². The molecule has 0 atom stereocenters. The van der Waals surface area contributed by atoms with Crippen LogP contribution >= 0.6 is 11.3 Å². The molecule has 7 nitrogen and oxygen atoms in total. The Morgan fingerprint density at radius 2 is 1.94 bits per heavy atom. The molecule has 166 valence electrons. The fraction of sp³-hybridized carbons (Fsp3) is 0.522. The third-order valence-corrected chi connectivity index (χ3v) is 5.93. The van der Waals surface area contributed by atoms with Crippen molar-refractivity contribution in [3.8, 4) is 17.7 Å². The molecule has 0 unspecified atom stereocenters. The van der Waals surface area contributed by atoms with E-state index >= 15 is 0 Å². The Morgan fingerprint density at radius 3 is 2.48 bits per heavy atom. The minimum Gasteiger partial charge on any atom is -0.477 e. The van der Waals surface area contributed by atoms with Crippen molar-refractivity contribution >= 4 is 28.8 Å². The van der Waals surface area contributed by atoms with Crippen LogP contribution < -0.4 is 15.0 Å². The highest BCUT2D eigenvalue weighted by atomic mass is 32.1. The Morgan fingerprint density at radius 1 is 1.23 bits per heavy atom. The second-order valence-corrected chi connectivity index (χ2v) is 10.1. The molecule has 1 aliphatic rings. The van der Waals surface area contributed by atoms with E-state index in [0.29, 0.717) is 16.4 Å². The maximum atomic E-state index is 11.7. The van der Waals surface area contributed by atoms with Gasteiger partial charge in [0.05, 0.1) is 10.6 Å². The van der Waals surface area contributed by atoms with Crippen LogP contribution in [0.1, 0.15) is 61.0 Å². The van der Waals surface area contributed by atoms with Crippen LogP contribution in [0.25, 0.3) is 0 Å². The smallest absolute Gasteiger partial charge is 0.348 e. The average Bonchev–Trinajstić information content (AvgIpc) is 3.11. The Balaban J connectivity index is 1.58. The van der Waals surface area contributed by atoms with E-state index in [-0.39, 0.29) is 17.6 Å². The monoisotopic (exact) mass is 442 g/mol. The maximum absolute atomic E-state index is 11.7. The molecular formula is C23H30N4O3S. The number of carboxylic acids is 1. The normalized spacial score (nSPS) is 18.6. The largest absolute Gasteiger partial charge is 0.477 e. The Labute approximate surface area is 187 Å². The average molecular weight is 443 g/mol. The molecule has 31 heavy (non-hydrogen) atoms. The zero-order valence-corrected chi connectivity index (χ0v) is 19.5. The van der Waals surface area contributed by atoms with Crippen LogP contribution in [0.5, 0.6) is 5.88 Å². The molecule has 0 bridgehead atoms. The van der Waals surface area contributed by atoms with Crippen molar-refractivity contribution in [1.82, 2.24) is 10.2 Å². The molecular weight excluding hydrogens is 412 g/mol. The molecule has 2 aromatic rings. The number of nitrogens with one attached hydrogen (secondary N) is 1. The second kappa shape index (κ2) is 9.56. The van der Waals surface area contributed by atoms with E-state index in [9.17, 15) is 9.90 Å². The molecule has 1 saturated carbocycles. The van der Waals surface area contributed by atoms with Crippen LogP contribution in [0.2, 0.25) is 0 Å². The van der Waals surface area contributed by atoms with Gasteiger partial charge in [-0.2, -0.15) is 0 Å². The number of thiophene rings is 1. The third-order valence-electron chi connectivity index (χ3n) is 4.89. The lowest BCUT2D eigenvalue weighted by molar-refractivity contribution is 0.0703. The summed E-state index contributed by atoms with van der Waals surface area (Å²) in [5.74, 6) is 6.68. The van der Waals surface area contributed by atoms with Crippen molar-refractivity contribution < 1.29 is 14.6 Å². The first kappa shape index (κ1) is 22.9. The lowest BCUT2D eigenvalue weighted by Gasteiger charge is -2.29. The summed E-state index contributed by atoms with van der Waals surface area (Å²) in [5.41, 5.74) is 0.529. The fourth-order valence-corrected chi connectivity index (χ4v) is 4.11. The van der Waals surface area contributed by atoms with Crippen LogP contribution in [0.3, 0.4) is 0 Å². The Hall–Kier alpha value is -2.79. The van der Waals surface area contributed by atoms with E-state index < -0.39 is 5.97 Å². The van der Waals surface area contributed by atoms with Gasteiger partial charge in [0.1, 0.15) is 11.0 Å². The summed E-state index contributed by atoms with van der Waals surface area (Å²) < 4.78 is 5.99. The van der Waals surface area contributed by atoms with Crippen LogP contribution in [-0.2, 0) is 0 Å². The predicted octanol–water partition coefficient (Wildman–Crippen LogP) is 4.50. The van der Waals surface area contributed by atoms with Crippen molar-refractivity contribution in [2.45, 2.75) is 58.6 Å². The summed E-state index contributed by atoms with van der Waals surface area (Å²) in [6, 6.07) is 5.80. The van der Waals surface area contributed by atoms with Gasteiger partial charge in [0.25, 0.3) is 0 Å². The minimum absolute atomic E-state index is 0.0900. The second-order valence-electron chi connectivity index (χ2n) is 9.02. The molecule has 2 N–H and O–H groups in total. The number of hydrogen-bond acceptors (Lipinski definition) is 7. The van der Waals surface area contributed by atoms with Gasteiger partial charge in [0, 0.05) is 31.6 Å². The van der Waals surface area contributed by atoms with Crippen LogP contribution in [0.15, 0.2) is 18.2 Å². The number of hydrogen-bond donors (Lipinski definition) is 2. The number of ether oxygens (including phenoxy) is 1. The quantitative estimate of drug-likeness (QED) is 0.637. The molecule has 0 aliphatic heterocycles. The molecule has 3 rings (SSSR count). The summed E-state index contributed by atoms with van der Waals surface area (Å²) in [4.78, 5) is 14.7. The summed E-state index contributed by atoms with van der Waals surface area (Å²) >= 11 is 1.22. The molecule has 0 spiro atoms. The van der Waals surface area contributed by atoms with Gasteiger partial charge >= 0.3 is 5.97 Å². The Kier molecular flexibility index (Phi) is 7.06. The van der Waals surface area contributed by atoms with Crippen molar-refractivity contribution in [2.24, 2.45) is 5.41 Å². The number of nitrogens with zero attached hydrogens (tertiary/aromatic N) is 3. The van der Waals surface area contributed by atoms with E-state index in [1.807, 2.05) is 58.0 Å². The van der Waals surface area contributed by atoms with Crippen molar-refractivity contribution in [2.75, 3.05) is 24.3 Å². The Bertz CT molecular complexity index is 959. The molecule has 8 heteroatoms. The topological polar surface area (TPSA) is 87.6 Å². The van der Waals surface area contributed by atoms with Crippen molar-refractivity contribution in [1.29, 1.82) is 0 Å². The number of rotatable bonds is 6. The summed E-state index contributed by atoms with van der Waals surface area (Å²) in [5, 5.41) is 21.3. The van der Waals surface area contributed by atoms with Crippen molar-refractivity contribution in [3.05, 3.63) is 28.0 Å². The minimum atomic E-state index is -0.923. The van der Waals surface area contributed by atoms with E-state index in [1.54, 1.807) is 0 Å². The number of aromatic carboxylic acids is 1. The molecule has 0 amide bonds. The first-order valence-electron chi connectivity index (χ1n) is 10.5. The SMILES string of the molecule is CN(C)c1ccc(O[C@H]2CC[C@H](Nc3cc(C#CC(C)(C)C)sc3C(=O)O)CC2)nn1. The highest BCUT2D eigenvalue weighted by Crippen LogP contribution is 2.31. The fourth-order valence-electron chi connectivity index (χ4n) is 3.30. The number of anilines is 2. The zero-order valence-electron chi connectivity index (χ0n) is 18.7. The predicted molar refractivity (Wildman–Crippen MR) is 124 cm³/mol. The number of aromatic nitrogens is 2. The van der Waals surface area contributed by atoms with Gasteiger partial charge in [-0.25, -0.2) is 4.79 Å². The lowest BCUT2D eigenvalue weighted by atomic mass is 9.92. The van der Waals surface area contributed by atoms with E-state index in [4.69, 9.17) is 4.74 Å².